The van der Waals surface area contributed by atoms with Crippen LogP contribution in [-0.4, -0.2) is 64.3 Å². The van der Waals surface area contributed by atoms with E-state index in [-0.39, 0.29) is 19.1 Å². The number of hydrogen-bond donors (Lipinski definition) is 4. The summed E-state index contributed by atoms with van der Waals surface area (Å²) in [4.78, 5) is 21.8. The van der Waals surface area contributed by atoms with Crippen LogP contribution in [0.3, 0.4) is 0 Å². The van der Waals surface area contributed by atoms with E-state index in [1.54, 1.807) is 0 Å². The first kappa shape index (κ1) is 18.3. The Balaban J connectivity index is 3.37. The first-order valence-electron chi connectivity index (χ1n) is 6.01. The quantitative estimate of drug-likeness (QED) is 0.196. The standard InChI is InChI=1S/C11H22N3O4P/c1-4-5-12-10-11(15)13-6-8-17-19(16)18-9-7-14(2)3/h1,12,16H,5-10H2,2-3H3,(H,13,15)/p+1. The number of carbonyl (C=O) groups excluding carboxylic acids is 1. The largest absolute Gasteiger partial charge is 0.353 e. The van der Waals surface area contributed by atoms with Crippen molar-refractivity contribution in [1.82, 2.24) is 10.6 Å². The van der Waals surface area contributed by atoms with Crippen LogP contribution in [0.5, 0.6) is 0 Å². The lowest BCUT2D eigenvalue weighted by atomic mass is 10.5. The predicted octanol–water partition coefficient (Wildman–Crippen LogP) is -2.28. The van der Waals surface area contributed by atoms with E-state index in [0.717, 1.165) is 6.54 Å². The van der Waals surface area contributed by atoms with Crippen molar-refractivity contribution in [3.05, 3.63) is 0 Å². The van der Waals surface area contributed by atoms with Gasteiger partial charge in [0.05, 0.1) is 33.8 Å². The lowest BCUT2D eigenvalue weighted by Gasteiger charge is -2.12. The van der Waals surface area contributed by atoms with Crippen molar-refractivity contribution >= 4 is 14.5 Å². The molecule has 0 heterocycles. The molecule has 0 rings (SSSR count). The lowest BCUT2D eigenvalue weighted by molar-refractivity contribution is -0.858. The molecule has 7 nitrogen and oxygen atoms in total. The Labute approximate surface area is 115 Å². The van der Waals surface area contributed by atoms with Crippen molar-refractivity contribution in [1.29, 1.82) is 0 Å². The fraction of sp³-hybridized carbons (Fsp3) is 0.727. The molecule has 110 valence electrons. The third-order valence-electron chi connectivity index (χ3n) is 1.94. The van der Waals surface area contributed by atoms with Crippen molar-refractivity contribution in [3.8, 4) is 12.3 Å². The van der Waals surface area contributed by atoms with Crippen LogP contribution < -0.4 is 15.5 Å². The Morgan fingerprint density at radius 1 is 1.42 bits per heavy atom. The third-order valence-corrected chi connectivity index (χ3v) is 2.75. The fourth-order valence-corrected chi connectivity index (χ4v) is 1.56. The second kappa shape index (κ2) is 12.3. The summed E-state index contributed by atoms with van der Waals surface area (Å²) in [5, 5.41) is 5.38. The highest BCUT2D eigenvalue weighted by Gasteiger charge is 2.07. The van der Waals surface area contributed by atoms with Gasteiger partial charge < -0.3 is 24.2 Å². The Kier molecular flexibility index (Phi) is 11.8. The second-order valence-electron chi connectivity index (χ2n) is 4.02. The highest BCUT2D eigenvalue weighted by molar-refractivity contribution is 7.40. The molecule has 0 aromatic rings. The van der Waals surface area contributed by atoms with Gasteiger partial charge in [0, 0.05) is 6.54 Å². The number of likely N-dealkylation sites (N-methyl/N-ethyl adjacent to an activating group) is 1. The fourth-order valence-electron chi connectivity index (χ4n) is 0.990. The van der Waals surface area contributed by atoms with Crippen molar-refractivity contribution in [2.75, 3.05) is 53.5 Å². The van der Waals surface area contributed by atoms with Gasteiger partial charge in [-0.2, -0.15) is 0 Å². The maximum absolute atomic E-state index is 11.2. The number of hydrogen-bond acceptors (Lipinski definition) is 5. The summed E-state index contributed by atoms with van der Waals surface area (Å²) in [6.07, 6.45) is 5.02. The topological polar surface area (TPSA) is 84.3 Å². The molecule has 0 aromatic carbocycles. The van der Waals surface area contributed by atoms with Gasteiger partial charge in [-0.15, -0.1) is 6.42 Å². The van der Waals surface area contributed by atoms with E-state index in [1.807, 2.05) is 14.1 Å². The summed E-state index contributed by atoms with van der Waals surface area (Å²) in [5.74, 6) is 2.20. The zero-order chi connectivity index (χ0) is 14.5. The molecule has 0 bridgehead atoms. The van der Waals surface area contributed by atoms with Gasteiger partial charge in [0.15, 0.2) is 0 Å². The first-order chi connectivity index (χ1) is 9.06. The Morgan fingerprint density at radius 3 is 2.74 bits per heavy atom. The molecule has 0 aliphatic heterocycles. The first-order valence-corrected chi connectivity index (χ1v) is 7.14. The number of nitrogens with one attached hydrogen (secondary N) is 3. The summed E-state index contributed by atoms with van der Waals surface area (Å²) < 4.78 is 10.1. The molecule has 0 radical (unpaired) electrons. The zero-order valence-corrected chi connectivity index (χ0v) is 12.3. The number of terminal acetylenes is 1. The Morgan fingerprint density at radius 2 is 2.11 bits per heavy atom. The Bertz CT molecular complexity index is 284. The zero-order valence-electron chi connectivity index (χ0n) is 11.4. The monoisotopic (exact) mass is 292 g/mol. The summed E-state index contributed by atoms with van der Waals surface area (Å²) in [6, 6.07) is 0. The van der Waals surface area contributed by atoms with E-state index in [9.17, 15) is 9.69 Å². The van der Waals surface area contributed by atoms with Crippen molar-refractivity contribution in [2.24, 2.45) is 0 Å². The average molecular weight is 292 g/mol. The van der Waals surface area contributed by atoms with Gasteiger partial charge in [0.1, 0.15) is 13.2 Å². The maximum Gasteiger partial charge on any atom is 0.330 e. The molecule has 0 aliphatic rings. The lowest BCUT2D eigenvalue weighted by Crippen LogP contribution is -3.06. The minimum absolute atomic E-state index is 0.167. The van der Waals surface area contributed by atoms with Crippen LogP contribution >= 0.6 is 8.60 Å². The van der Waals surface area contributed by atoms with Gasteiger partial charge in [-0.1, -0.05) is 5.92 Å². The van der Waals surface area contributed by atoms with Crippen LogP contribution in [-0.2, 0) is 13.8 Å². The number of carbonyl (C=O) groups is 1. The number of rotatable bonds is 11. The van der Waals surface area contributed by atoms with E-state index in [1.165, 1.54) is 4.90 Å². The van der Waals surface area contributed by atoms with Gasteiger partial charge in [-0.05, 0) is 0 Å². The van der Waals surface area contributed by atoms with E-state index in [4.69, 9.17) is 15.5 Å². The molecule has 1 unspecified atom stereocenters. The smallest absolute Gasteiger partial charge is 0.330 e. The molecule has 0 spiro atoms. The van der Waals surface area contributed by atoms with Crippen LogP contribution in [0.2, 0.25) is 0 Å². The van der Waals surface area contributed by atoms with Gasteiger partial charge in [-0.25, -0.2) is 0 Å². The van der Waals surface area contributed by atoms with Crippen LogP contribution in [0.4, 0.5) is 0 Å². The van der Waals surface area contributed by atoms with Crippen LogP contribution in [0.1, 0.15) is 0 Å². The summed E-state index contributed by atoms with van der Waals surface area (Å²) in [6.45, 7) is 2.27. The molecule has 0 aliphatic carbocycles. The molecule has 0 saturated carbocycles. The van der Waals surface area contributed by atoms with Crippen LogP contribution in [0, 0.1) is 12.3 Å². The molecule has 8 heteroatoms. The minimum Gasteiger partial charge on any atom is -0.353 e. The molecule has 1 amide bonds. The Hall–Kier alpha value is -0.740. The van der Waals surface area contributed by atoms with Gasteiger partial charge in [-0.3, -0.25) is 10.1 Å². The van der Waals surface area contributed by atoms with E-state index < -0.39 is 8.60 Å². The summed E-state index contributed by atoms with van der Waals surface area (Å²) in [7, 11) is 2.12. The minimum atomic E-state index is -1.86. The van der Waals surface area contributed by atoms with Crippen molar-refractivity contribution in [3.63, 3.8) is 0 Å². The SMILES string of the molecule is C#CCNCC(=O)NCCOP(O)OCC[NH+](C)C. The maximum atomic E-state index is 11.2. The number of amides is 1. The van der Waals surface area contributed by atoms with Crippen molar-refractivity contribution in [2.45, 2.75) is 0 Å². The highest BCUT2D eigenvalue weighted by atomic mass is 31.2. The predicted molar refractivity (Wildman–Crippen MR) is 73.4 cm³/mol. The average Bonchev–Trinajstić information content (AvgIpc) is 2.34. The summed E-state index contributed by atoms with van der Waals surface area (Å²) >= 11 is 0. The van der Waals surface area contributed by atoms with E-state index in [0.29, 0.717) is 19.7 Å². The van der Waals surface area contributed by atoms with Gasteiger partial charge in [0.2, 0.25) is 5.91 Å². The second-order valence-corrected chi connectivity index (χ2v) is 5.01. The summed E-state index contributed by atoms with van der Waals surface area (Å²) in [5.41, 5.74) is 0. The van der Waals surface area contributed by atoms with Crippen LogP contribution in [0.15, 0.2) is 0 Å². The normalized spacial score (nSPS) is 12.2. The third kappa shape index (κ3) is 13.5. The van der Waals surface area contributed by atoms with Crippen LogP contribution in [0.25, 0.3) is 0 Å². The number of quaternary nitrogens is 1. The van der Waals surface area contributed by atoms with Gasteiger partial charge in [0.25, 0.3) is 0 Å². The molecule has 0 aromatic heterocycles. The molecular formula is C11H23N3O4P+. The molecular weight excluding hydrogens is 269 g/mol. The van der Waals surface area contributed by atoms with Gasteiger partial charge >= 0.3 is 8.60 Å². The highest BCUT2D eigenvalue weighted by Crippen LogP contribution is 2.31. The molecule has 0 fully saturated rings. The molecule has 0 saturated heterocycles. The molecule has 1 atom stereocenters. The molecule has 4 N–H and O–H groups in total. The van der Waals surface area contributed by atoms with E-state index in [2.05, 4.69) is 16.6 Å². The van der Waals surface area contributed by atoms with E-state index >= 15 is 0 Å². The van der Waals surface area contributed by atoms with Crippen molar-refractivity contribution < 1.29 is 23.6 Å². The molecule has 19 heavy (non-hydrogen) atoms.